The minimum atomic E-state index is -4.45. The summed E-state index contributed by atoms with van der Waals surface area (Å²) in [5, 5.41) is 0. The summed E-state index contributed by atoms with van der Waals surface area (Å²) in [5.41, 5.74) is 0.960. The number of rotatable bonds is 2. The first-order chi connectivity index (χ1) is 6.95. The Labute approximate surface area is 83.8 Å². The zero-order chi connectivity index (χ0) is 11.5. The molecule has 0 unspecified atom stereocenters. The number of benzene rings is 1. The number of halogens is 3. The van der Waals surface area contributed by atoms with Gasteiger partial charge in [0.15, 0.2) is 0 Å². The Morgan fingerprint density at radius 2 is 2.07 bits per heavy atom. The van der Waals surface area contributed by atoms with Gasteiger partial charge in [0.1, 0.15) is 0 Å². The Bertz CT molecular complexity index is 363. The highest BCUT2D eigenvalue weighted by Gasteiger charge is 2.30. The molecule has 0 spiro atoms. The Morgan fingerprint density at radius 3 is 2.60 bits per heavy atom. The highest BCUT2D eigenvalue weighted by atomic mass is 19.4. The predicted molar refractivity (Wildman–Crippen MR) is 45.9 cm³/mol. The van der Waals surface area contributed by atoms with E-state index in [9.17, 15) is 18.0 Å². The molecule has 0 fully saturated rings. The van der Waals surface area contributed by atoms with E-state index in [0.29, 0.717) is 0 Å². The molecule has 3 nitrogen and oxygen atoms in total. The third kappa shape index (κ3) is 2.95. The Hall–Kier alpha value is -1.56. The normalized spacial score (nSPS) is 11.2. The second-order valence-electron chi connectivity index (χ2n) is 2.71. The van der Waals surface area contributed by atoms with Gasteiger partial charge in [-0.25, -0.2) is 5.48 Å². The van der Waals surface area contributed by atoms with Crippen molar-refractivity contribution in [1.82, 2.24) is 5.48 Å². The van der Waals surface area contributed by atoms with Crippen molar-refractivity contribution in [1.29, 1.82) is 0 Å². The van der Waals surface area contributed by atoms with Crippen LogP contribution in [0.25, 0.3) is 0 Å². The molecule has 0 aliphatic carbocycles. The first-order valence-electron chi connectivity index (χ1n) is 3.95. The second-order valence-corrected chi connectivity index (χ2v) is 2.71. The molecule has 0 saturated heterocycles. The fourth-order valence-corrected chi connectivity index (χ4v) is 0.988. The van der Waals surface area contributed by atoms with E-state index in [1.54, 1.807) is 0 Å². The number of alkyl halides is 3. The van der Waals surface area contributed by atoms with Crippen LogP contribution in [0.2, 0.25) is 0 Å². The van der Waals surface area contributed by atoms with Gasteiger partial charge in [-0.1, -0.05) is 6.07 Å². The Kier molecular flexibility index (Phi) is 3.31. The summed E-state index contributed by atoms with van der Waals surface area (Å²) in [6.07, 6.45) is -4.45. The summed E-state index contributed by atoms with van der Waals surface area (Å²) in [6.45, 7) is 0. The van der Waals surface area contributed by atoms with Gasteiger partial charge in [-0.3, -0.25) is 9.63 Å². The van der Waals surface area contributed by atoms with Crippen LogP contribution in [0.5, 0.6) is 0 Å². The lowest BCUT2D eigenvalue weighted by molar-refractivity contribution is -0.137. The number of hydrogen-bond acceptors (Lipinski definition) is 2. The number of carbonyl (C=O) groups is 1. The van der Waals surface area contributed by atoms with Crippen molar-refractivity contribution in [3.8, 4) is 0 Å². The summed E-state index contributed by atoms with van der Waals surface area (Å²) in [6, 6.07) is 4.08. The molecule has 0 heterocycles. The van der Waals surface area contributed by atoms with Gasteiger partial charge < -0.3 is 0 Å². The molecule has 1 aromatic carbocycles. The van der Waals surface area contributed by atoms with E-state index in [1.807, 2.05) is 5.48 Å². The molecule has 82 valence electrons. The fraction of sp³-hybridized carbons (Fsp3) is 0.222. The summed E-state index contributed by atoms with van der Waals surface area (Å²) in [5.74, 6) is -0.719. The number of hydroxylamine groups is 1. The van der Waals surface area contributed by atoms with Gasteiger partial charge in [-0.05, 0) is 18.2 Å². The molecule has 0 saturated carbocycles. The van der Waals surface area contributed by atoms with Crippen LogP contribution in [-0.2, 0) is 11.0 Å². The smallest absolute Gasteiger partial charge is 0.277 e. The molecular weight excluding hydrogens is 211 g/mol. The third-order valence-electron chi connectivity index (χ3n) is 1.65. The first kappa shape index (κ1) is 11.5. The van der Waals surface area contributed by atoms with Gasteiger partial charge in [-0.2, -0.15) is 13.2 Å². The van der Waals surface area contributed by atoms with E-state index >= 15 is 0 Å². The van der Waals surface area contributed by atoms with Crippen LogP contribution in [0.1, 0.15) is 15.9 Å². The number of amides is 1. The largest absolute Gasteiger partial charge is 0.416 e. The molecule has 6 heteroatoms. The van der Waals surface area contributed by atoms with E-state index in [2.05, 4.69) is 4.84 Å². The number of hydrogen-bond donors (Lipinski definition) is 1. The molecule has 15 heavy (non-hydrogen) atoms. The second kappa shape index (κ2) is 4.31. The van der Waals surface area contributed by atoms with Crippen LogP contribution < -0.4 is 5.48 Å². The minimum absolute atomic E-state index is 0.105. The van der Waals surface area contributed by atoms with Crippen molar-refractivity contribution in [2.24, 2.45) is 0 Å². The van der Waals surface area contributed by atoms with Crippen molar-refractivity contribution >= 4 is 5.91 Å². The van der Waals surface area contributed by atoms with Crippen LogP contribution in [0, 0.1) is 0 Å². The standard InChI is InChI=1S/C9H8F3NO2/c1-15-13-8(14)6-3-2-4-7(5-6)9(10,11)12/h2-5H,1H3,(H,13,14). The monoisotopic (exact) mass is 219 g/mol. The van der Waals surface area contributed by atoms with Crippen LogP contribution in [0.3, 0.4) is 0 Å². The van der Waals surface area contributed by atoms with Crippen molar-refractivity contribution in [3.63, 3.8) is 0 Å². The van der Waals surface area contributed by atoms with E-state index < -0.39 is 17.6 Å². The zero-order valence-corrected chi connectivity index (χ0v) is 7.76. The lowest BCUT2D eigenvalue weighted by atomic mass is 10.1. The van der Waals surface area contributed by atoms with E-state index in [4.69, 9.17) is 0 Å². The maximum atomic E-state index is 12.3. The molecule has 1 N–H and O–H groups in total. The summed E-state index contributed by atoms with van der Waals surface area (Å²) in [4.78, 5) is 15.4. The molecule has 1 amide bonds. The summed E-state index contributed by atoms with van der Waals surface area (Å²) in [7, 11) is 1.20. The van der Waals surface area contributed by atoms with Crippen molar-refractivity contribution in [2.45, 2.75) is 6.18 Å². The van der Waals surface area contributed by atoms with Gasteiger partial charge in [0.05, 0.1) is 12.7 Å². The van der Waals surface area contributed by atoms with Gasteiger partial charge in [0, 0.05) is 5.56 Å². The van der Waals surface area contributed by atoms with Gasteiger partial charge in [-0.15, -0.1) is 0 Å². The number of nitrogens with one attached hydrogen (secondary N) is 1. The third-order valence-corrected chi connectivity index (χ3v) is 1.65. The van der Waals surface area contributed by atoms with Gasteiger partial charge in [0.25, 0.3) is 5.91 Å². The van der Waals surface area contributed by atoms with Crippen molar-refractivity contribution < 1.29 is 22.8 Å². The summed E-state index contributed by atoms with van der Waals surface area (Å²) < 4.78 is 36.8. The van der Waals surface area contributed by atoms with Gasteiger partial charge in [0.2, 0.25) is 0 Å². The molecular formula is C9H8F3NO2. The maximum Gasteiger partial charge on any atom is 0.416 e. The highest BCUT2D eigenvalue weighted by molar-refractivity contribution is 5.93. The highest BCUT2D eigenvalue weighted by Crippen LogP contribution is 2.29. The quantitative estimate of drug-likeness (QED) is 0.772. The molecule has 0 aliphatic heterocycles. The van der Waals surface area contributed by atoms with E-state index in [0.717, 1.165) is 18.2 Å². The average Bonchev–Trinajstić information content (AvgIpc) is 2.17. The molecule has 0 radical (unpaired) electrons. The zero-order valence-electron chi connectivity index (χ0n) is 7.76. The lowest BCUT2D eigenvalue weighted by Crippen LogP contribution is -2.22. The van der Waals surface area contributed by atoms with E-state index in [-0.39, 0.29) is 5.56 Å². The van der Waals surface area contributed by atoms with Gasteiger partial charge >= 0.3 is 6.18 Å². The van der Waals surface area contributed by atoms with Crippen LogP contribution in [0.4, 0.5) is 13.2 Å². The van der Waals surface area contributed by atoms with E-state index in [1.165, 1.54) is 13.2 Å². The van der Waals surface area contributed by atoms with Crippen molar-refractivity contribution in [2.75, 3.05) is 7.11 Å². The Morgan fingerprint density at radius 1 is 1.40 bits per heavy atom. The fourth-order valence-electron chi connectivity index (χ4n) is 0.988. The topological polar surface area (TPSA) is 38.3 Å². The average molecular weight is 219 g/mol. The first-order valence-corrected chi connectivity index (χ1v) is 3.95. The molecule has 0 aliphatic rings. The van der Waals surface area contributed by atoms with Crippen LogP contribution in [0.15, 0.2) is 24.3 Å². The van der Waals surface area contributed by atoms with Crippen molar-refractivity contribution in [3.05, 3.63) is 35.4 Å². The Balaban J connectivity index is 2.98. The SMILES string of the molecule is CONC(=O)c1cccc(C(F)(F)F)c1. The minimum Gasteiger partial charge on any atom is -0.277 e. The van der Waals surface area contributed by atoms with Crippen LogP contribution in [-0.4, -0.2) is 13.0 Å². The summed E-state index contributed by atoms with van der Waals surface area (Å²) >= 11 is 0. The lowest BCUT2D eigenvalue weighted by Gasteiger charge is -2.08. The molecule has 0 atom stereocenters. The number of carbonyl (C=O) groups excluding carboxylic acids is 1. The molecule has 0 aromatic heterocycles. The molecule has 1 rings (SSSR count). The molecule has 1 aromatic rings. The predicted octanol–water partition coefficient (Wildman–Crippen LogP) is 2.00. The maximum absolute atomic E-state index is 12.3. The van der Waals surface area contributed by atoms with Crippen LogP contribution >= 0.6 is 0 Å². The molecule has 0 bridgehead atoms.